The summed E-state index contributed by atoms with van der Waals surface area (Å²) in [6.45, 7) is 3.88. The summed E-state index contributed by atoms with van der Waals surface area (Å²) in [4.78, 5) is 28.4. The van der Waals surface area contributed by atoms with Gasteiger partial charge in [-0.1, -0.05) is 36.4 Å². The number of fused-ring (bicyclic) bond motifs is 2. The molecule has 0 atom stereocenters. The third-order valence-corrected chi connectivity index (χ3v) is 6.43. The molecule has 0 amide bonds. The highest BCUT2D eigenvalue weighted by Gasteiger charge is 2.25. The van der Waals surface area contributed by atoms with E-state index >= 15 is 0 Å². The van der Waals surface area contributed by atoms with Crippen molar-refractivity contribution in [2.75, 3.05) is 18.0 Å². The molecule has 5 aromatic rings. The van der Waals surface area contributed by atoms with Crippen LogP contribution in [0, 0.1) is 6.92 Å². The van der Waals surface area contributed by atoms with Gasteiger partial charge in [0.25, 0.3) is 5.56 Å². The predicted octanol–water partition coefficient (Wildman–Crippen LogP) is 4.60. The fourth-order valence-corrected chi connectivity index (χ4v) is 4.84. The molecule has 0 aliphatic carbocycles. The summed E-state index contributed by atoms with van der Waals surface area (Å²) < 4.78 is 1.54. The van der Waals surface area contributed by atoms with Crippen molar-refractivity contribution in [3.63, 3.8) is 0 Å². The van der Waals surface area contributed by atoms with Gasteiger partial charge in [0, 0.05) is 36.7 Å². The number of nitrogens with zero attached hydrogens (tertiary/aromatic N) is 5. The standard InChI is InChI=1S/C26H24N6O/c1-17-22(19-10-11-20-21(16-19)28-13-12-27-20)26(33)32-25(29-17)24(31-14-6-3-7-15-31)23(30-32)18-8-4-2-5-9-18/h2,4-5,8-13,16,29H,3,6-7,14-15H2,1H3. The van der Waals surface area contributed by atoms with Crippen molar-refractivity contribution < 1.29 is 0 Å². The molecule has 164 valence electrons. The maximum absolute atomic E-state index is 13.8. The Hall–Kier alpha value is -4.00. The summed E-state index contributed by atoms with van der Waals surface area (Å²) in [6, 6.07) is 15.9. The summed E-state index contributed by atoms with van der Waals surface area (Å²) in [6.07, 6.45) is 6.86. The number of H-pyrrole nitrogens is 1. The van der Waals surface area contributed by atoms with Crippen LogP contribution in [-0.4, -0.2) is 37.7 Å². The maximum atomic E-state index is 13.8. The minimum absolute atomic E-state index is 0.134. The first kappa shape index (κ1) is 19.7. The van der Waals surface area contributed by atoms with E-state index in [2.05, 4.69) is 32.0 Å². The molecule has 0 unspecified atom stereocenters. The Bertz CT molecular complexity index is 1530. The van der Waals surface area contributed by atoms with Gasteiger partial charge >= 0.3 is 0 Å². The number of aryl methyl sites for hydroxylation is 1. The maximum Gasteiger partial charge on any atom is 0.282 e. The Morgan fingerprint density at radius 2 is 1.64 bits per heavy atom. The minimum atomic E-state index is -0.134. The minimum Gasteiger partial charge on any atom is -0.367 e. The van der Waals surface area contributed by atoms with Crippen LogP contribution in [0.5, 0.6) is 0 Å². The summed E-state index contributed by atoms with van der Waals surface area (Å²) in [5.41, 5.74) is 7.25. The van der Waals surface area contributed by atoms with Gasteiger partial charge in [-0.2, -0.15) is 9.61 Å². The molecule has 33 heavy (non-hydrogen) atoms. The highest BCUT2D eigenvalue weighted by molar-refractivity contribution is 5.87. The molecule has 1 saturated heterocycles. The van der Waals surface area contributed by atoms with Crippen LogP contribution < -0.4 is 10.5 Å². The molecule has 1 N–H and O–H groups in total. The van der Waals surface area contributed by atoms with E-state index in [1.807, 2.05) is 43.3 Å². The highest BCUT2D eigenvalue weighted by atomic mass is 16.1. The van der Waals surface area contributed by atoms with Crippen molar-refractivity contribution in [2.24, 2.45) is 0 Å². The first-order chi connectivity index (χ1) is 16.2. The number of aromatic nitrogens is 5. The molecule has 2 aromatic carbocycles. The van der Waals surface area contributed by atoms with Gasteiger partial charge in [0.2, 0.25) is 0 Å². The third kappa shape index (κ3) is 3.28. The molecule has 4 heterocycles. The lowest BCUT2D eigenvalue weighted by molar-refractivity contribution is 0.579. The monoisotopic (exact) mass is 436 g/mol. The summed E-state index contributed by atoms with van der Waals surface area (Å²) in [5.74, 6) is 0. The quantitative estimate of drug-likeness (QED) is 0.447. The molecule has 6 rings (SSSR count). The Balaban J connectivity index is 1.61. The highest BCUT2D eigenvalue weighted by Crippen LogP contribution is 2.35. The van der Waals surface area contributed by atoms with E-state index in [0.717, 1.165) is 70.8 Å². The average Bonchev–Trinajstić information content (AvgIpc) is 3.24. The van der Waals surface area contributed by atoms with Crippen molar-refractivity contribution in [3.8, 4) is 22.4 Å². The number of piperidine rings is 1. The van der Waals surface area contributed by atoms with E-state index in [1.54, 1.807) is 12.4 Å². The Kier molecular flexibility index (Phi) is 4.68. The van der Waals surface area contributed by atoms with Gasteiger partial charge in [-0.25, -0.2) is 0 Å². The molecule has 1 aliphatic rings. The predicted molar refractivity (Wildman–Crippen MR) is 131 cm³/mol. The lowest BCUT2D eigenvalue weighted by Crippen LogP contribution is -2.30. The van der Waals surface area contributed by atoms with Crippen molar-refractivity contribution >= 4 is 22.4 Å². The lowest BCUT2D eigenvalue weighted by Gasteiger charge is -2.28. The zero-order chi connectivity index (χ0) is 22.4. The van der Waals surface area contributed by atoms with Gasteiger partial charge in [0.1, 0.15) is 11.4 Å². The van der Waals surface area contributed by atoms with Crippen LogP contribution in [0.4, 0.5) is 5.69 Å². The van der Waals surface area contributed by atoms with Gasteiger partial charge in [-0.15, -0.1) is 0 Å². The lowest BCUT2D eigenvalue weighted by atomic mass is 10.0. The molecule has 0 saturated carbocycles. The number of anilines is 1. The molecule has 0 bridgehead atoms. The van der Waals surface area contributed by atoms with Gasteiger partial charge in [-0.3, -0.25) is 14.8 Å². The molecule has 0 spiro atoms. The second-order valence-electron chi connectivity index (χ2n) is 8.56. The van der Waals surface area contributed by atoms with Crippen LogP contribution in [-0.2, 0) is 0 Å². The first-order valence-corrected chi connectivity index (χ1v) is 11.4. The summed E-state index contributed by atoms with van der Waals surface area (Å²) >= 11 is 0. The van der Waals surface area contributed by atoms with Crippen LogP contribution in [0.3, 0.4) is 0 Å². The molecule has 7 heteroatoms. The molecular formula is C26H24N6O. The fourth-order valence-electron chi connectivity index (χ4n) is 4.84. The van der Waals surface area contributed by atoms with Crippen LogP contribution in [0.1, 0.15) is 25.0 Å². The zero-order valence-corrected chi connectivity index (χ0v) is 18.5. The Morgan fingerprint density at radius 1 is 0.879 bits per heavy atom. The van der Waals surface area contributed by atoms with E-state index in [-0.39, 0.29) is 5.56 Å². The van der Waals surface area contributed by atoms with Crippen molar-refractivity contribution in [3.05, 3.63) is 77.0 Å². The van der Waals surface area contributed by atoms with Crippen LogP contribution in [0.25, 0.3) is 39.1 Å². The van der Waals surface area contributed by atoms with E-state index in [1.165, 1.54) is 10.9 Å². The van der Waals surface area contributed by atoms with E-state index in [4.69, 9.17) is 5.10 Å². The van der Waals surface area contributed by atoms with Gasteiger partial charge < -0.3 is 9.88 Å². The van der Waals surface area contributed by atoms with Gasteiger partial charge in [0.15, 0.2) is 5.65 Å². The first-order valence-electron chi connectivity index (χ1n) is 11.4. The van der Waals surface area contributed by atoms with E-state index in [9.17, 15) is 4.79 Å². The number of benzene rings is 2. The number of nitrogens with one attached hydrogen (secondary N) is 1. The second-order valence-corrected chi connectivity index (χ2v) is 8.56. The van der Waals surface area contributed by atoms with Crippen molar-refractivity contribution in [1.82, 2.24) is 24.6 Å². The average molecular weight is 437 g/mol. The van der Waals surface area contributed by atoms with Crippen LogP contribution >= 0.6 is 0 Å². The van der Waals surface area contributed by atoms with Crippen LogP contribution in [0.2, 0.25) is 0 Å². The van der Waals surface area contributed by atoms with Gasteiger partial charge in [0.05, 0.1) is 16.6 Å². The summed E-state index contributed by atoms with van der Waals surface area (Å²) in [5, 5.41) is 4.85. The number of rotatable bonds is 3. The Morgan fingerprint density at radius 3 is 2.42 bits per heavy atom. The molecule has 7 nitrogen and oxygen atoms in total. The zero-order valence-electron chi connectivity index (χ0n) is 18.5. The van der Waals surface area contributed by atoms with Crippen LogP contribution in [0.15, 0.2) is 65.7 Å². The molecule has 0 radical (unpaired) electrons. The normalized spacial score (nSPS) is 14.3. The molecule has 3 aromatic heterocycles. The second kappa shape index (κ2) is 7.85. The topological polar surface area (TPSA) is 79.2 Å². The number of hydrogen-bond acceptors (Lipinski definition) is 5. The third-order valence-electron chi connectivity index (χ3n) is 6.43. The Labute approximate surface area is 190 Å². The number of aromatic amines is 1. The number of hydrogen-bond donors (Lipinski definition) is 1. The largest absolute Gasteiger partial charge is 0.367 e. The van der Waals surface area contributed by atoms with E-state index in [0.29, 0.717) is 5.56 Å². The van der Waals surface area contributed by atoms with Crippen molar-refractivity contribution in [2.45, 2.75) is 26.2 Å². The van der Waals surface area contributed by atoms with Gasteiger partial charge in [-0.05, 0) is 43.9 Å². The summed E-state index contributed by atoms with van der Waals surface area (Å²) in [7, 11) is 0. The fraction of sp³-hybridized carbons (Fsp3) is 0.231. The van der Waals surface area contributed by atoms with E-state index < -0.39 is 0 Å². The molecule has 1 fully saturated rings. The van der Waals surface area contributed by atoms with Crippen molar-refractivity contribution in [1.29, 1.82) is 0 Å². The SMILES string of the molecule is Cc1[nH]c2c(N3CCCCC3)c(-c3ccccc3)nn2c(=O)c1-c1ccc2nccnc2c1. The molecule has 1 aliphatic heterocycles. The smallest absolute Gasteiger partial charge is 0.282 e. The molecular weight excluding hydrogens is 412 g/mol.